The summed E-state index contributed by atoms with van der Waals surface area (Å²) in [6.07, 6.45) is 2.70. The largest absolute Gasteiger partial charge is 0.339 e. The van der Waals surface area contributed by atoms with Crippen LogP contribution in [-0.2, 0) is 0 Å². The molecule has 0 unspecified atom stereocenters. The lowest BCUT2D eigenvalue weighted by Gasteiger charge is -2.20. The van der Waals surface area contributed by atoms with Gasteiger partial charge in [0, 0.05) is 18.5 Å². The quantitative estimate of drug-likeness (QED) is 0.711. The first-order valence-electron chi connectivity index (χ1n) is 7.50. The van der Waals surface area contributed by atoms with E-state index in [2.05, 4.69) is 15.3 Å². The number of pyridine rings is 2. The second-order valence-electron chi connectivity index (χ2n) is 5.39. The van der Waals surface area contributed by atoms with E-state index in [0.717, 1.165) is 0 Å². The Hall–Kier alpha value is -2.70. The Kier molecular flexibility index (Phi) is 5.35. The van der Waals surface area contributed by atoms with Gasteiger partial charge in [0.1, 0.15) is 11.5 Å². The van der Waals surface area contributed by atoms with Gasteiger partial charge in [-0.1, -0.05) is 29.3 Å². The predicted molar refractivity (Wildman–Crippen MR) is 97.0 cm³/mol. The monoisotopic (exact) mass is 391 g/mol. The Balaban J connectivity index is 2.01. The molecule has 0 spiro atoms. The summed E-state index contributed by atoms with van der Waals surface area (Å²) in [4.78, 5) is 30.1. The summed E-state index contributed by atoms with van der Waals surface area (Å²) in [5.41, 5.74) is 0.419. The second kappa shape index (κ2) is 7.68. The molecule has 1 aromatic carbocycles. The number of rotatable bonds is 4. The molecule has 8 heteroatoms. The van der Waals surface area contributed by atoms with Gasteiger partial charge in [-0.3, -0.25) is 14.6 Å². The van der Waals surface area contributed by atoms with Crippen LogP contribution in [0.15, 0.2) is 59.7 Å². The highest BCUT2D eigenvalue weighted by Crippen LogP contribution is 2.29. The molecule has 1 atom stereocenters. The number of carbonyl (C=O) groups excluding carboxylic acids is 1. The van der Waals surface area contributed by atoms with E-state index < -0.39 is 17.8 Å². The molecule has 132 valence electrons. The number of nitrogens with one attached hydrogen (secondary N) is 2. The van der Waals surface area contributed by atoms with Crippen LogP contribution in [0.1, 0.15) is 27.7 Å². The fraction of sp³-hybridized carbons (Fsp3) is 0.0556. The van der Waals surface area contributed by atoms with Crippen molar-refractivity contribution < 1.29 is 9.18 Å². The molecular formula is C18H12Cl2FN3O2. The van der Waals surface area contributed by atoms with Crippen molar-refractivity contribution in [3.05, 3.63) is 97.9 Å². The van der Waals surface area contributed by atoms with Crippen molar-refractivity contribution in [2.45, 2.75) is 6.04 Å². The lowest BCUT2D eigenvalue weighted by atomic mass is 10.0. The highest BCUT2D eigenvalue weighted by atomic mass is 35.5. The van der Waals surface area contributed by atoms with Crippen LogP contribution < -0.4 is 10.9 Å². The Morgan fingerprint density at radius 2 is 1.96 bits per heavy atom. The maximum atomic E-state index is 14.3. The third-order valence-electron chi connectivity index (χ3n) is 3.66. The average Bonchev–Trinajstić information content (AvgIpc) is 2.63. The summed E-state index contributed by atoms with van der Waals surface area (Å²) in [6.45, 7) is 0. The van der Waals surface area contributed by atoms with Crippen LogP contribution in [0, 0.1) is 5.82 Å². The number of amides is 1. The number of aromatic nitrogens is 2. The van der Waals surface area contributed by atoms with E-state index in [1.807, 2.05) is 0 Å². The van der Waals surface area contributed by atoms with Gasteiger partial charge in [0.25, 0.3) is 5.91 Å². The van der Waals surface area contributed by atoms with E-state index in [-0.39, 0.29) is 21.8 Å². The number of hydrogen-bond donors (Lipinski definition) is 2. The Labute approximate surface area is 157 Å². The molecule has 0 saturated heterocycles. The van der Waals surface area contributed by atoms with E-state index in [1.165, 1.54) is 42.7 Å². The molecule has 0 saturated carbocycles. The SMILES string of the molecule is O=C(N[C@@H](c1ccc(Cl)c(Cl)c1)c1ncccc1F)c1ccc(=O)[nH]c1. The molecule has 0 bridgehead atoms. The molecule has 1 amide bonds. The molecular weight excluding hydrogens is 380 g/mol. The fourth-order valence-corrected chi connectivity index (χ4v) is 2.68. The lowest BCUT2D eigenvalue weighted by Crippen LogP contribution is -2.31. The number of hydrogen-bond acceptors (Lipinski definition) is 3. The number of nitrogens with zero attached hydrogens (tertiary/aromatic N) is 1. The topological polar surface area (TPSA) is 74.8 Å². The minimum atomic E-state index is -0.898. The Bertz CT molecular complexity index is 1000. The molecule has 2 aromatic heterocycles. The minimum absolute atomic E-state index is 0.0312. The van der Waals surface area contributed by atoms with Crippen LogP contribution in [0.5, 0.6) is 0 Å². The zero-order valence-electron chi connectivity index (χ0n) is 13.2. The molecule has 26 heavy (non-hydrogen) atoms. The maximum absolute atomic E-state index is 14.3. The van der Waals surface area contributed by atoms with Crippen molar-refractivity contribution in [3.63, 3.8) is 0 Å². The summed E-state index contributed by atoms with van der Waals surface area (Å²) >= 11 is 12.0. The Morgan fingerprint density at radius 3 is 2.62 bits per heavy atom. The van der Waals surface area contributed by atoms with Gasteiger partial charge in [-0.25, -0.2) is 4.39 Å². The number of benzene rings is 1. The van der Waals surface area contributed by atoms with Gasteiger partial charge in [-0.15, -0.1) is 0 Å². The number of H-pyrrole nitrogens is 1. The van der Waals surface area contributed by atoms with Crippen molar-refractivity contribution in [2.24, 2.45) is 0 Å². The van der Waals surface area contributed by atoms with Crippen LogP contribution >= 0.6 is 23.2 Å². The molecule has 0 fully saturated rings. The second-order valence-corrected chi connectivity index (χ2v) is 6.21. The number of carbonyl (C=O) groups is 1. The first-order chi connectivity index (χ1) is 12.5. The van der Waals surface area contributed by atoms with Crippen molar-refractivity contribution in [1.82, 2.24) is 15.3 Å². The summed E-state index contributed by atoms with van der Waals surface area (Å²) in [6, 6.07) is 9.12. The van der Waals surface area contributed by atoms with E-state index >= 15 is 0 Å². The normalized spacial score (nSPS) is 11.8. The van der Waals surface area contributed by atoms with Gasteiger partial charge in [-0.2, -0.15) is 0 Å². The van der Waals surface area contributed by atoms with Gasteiger partial charge >= 0.3 is 0 Å². The van der Waals surface area contributed by atoms with Crippen molar-refractivity contribution in [3.8, 4) is 0 Å². The van der Waals surface area contributed by atoms with E-state index in [1.54, 1.807) is 12.1 Å². The van der Waals surface area contributed by atoms with Crippen molar-refractivity contribution in [1.29, 1.82) is 0 Å². The van der Waals surface area contributed by atoms with Crippen LogP contribution in [0.2, 0.25) is 10.0 Å². The molecule has 0 aliphatic rings. The van der Waals surface area contributed by atoms with Crippen LogP contribution in [0.4, 0.5) is 4.39 Å². The van der Waals surface area contributed by atoms with Gasteiger partial charge < -0.3 is 10.3 Å². The van der Waals surface area contributed by atoms with Gasteiger partial charge in [-0.05, 0) is 35.9 Å². The highest BCUT2D eigenvalue weighted by Gasteiger charge is 2.23. The smallest absolute Gasteiger partial charge is 0.253 e. The van der Waals surface area contributed by atoms with Crippen LogP contribution in [0.25, 0.3) is 0 Å². The summed E-state index contributed by atoms with van der Waals surface area (Å²) in [5.74, 6) is -1.09. The third-order valence-corrected chi connectivity index (χ3v) is 4.40. The van der Waals surface area contributed by atoms with Crippen LogP contribution in [-0.4, -0.2) is 15.9 Å². The standard InChI is InChI=1S/C18H12Cl2FN3O2/c19-12-5-3-10(8-13(12)20)16(17-14(21)2-1-7-22-17)24-18(26)11-4-6-15(25)23-9-11/h1-9,16H,(H,23,25)(H,24,26)/t16-/m0/s1. The van der Waals surface area contributed by atoms with Gasteiger partial charge in [0.2, 0.25) is 5.56 Å². The van der Waals surface area contributed by atoms with Crippen molar-refractivity contribution in [2.75, 3.05) is 0 Å². The zero-order chi connectivity index (χ0) is 18.7. The number of aromatic amines is 1. The lowest BCUT2D eigenvalue weighted by molar-refractivity contribution is 0.0941. The molecule has 0 aliphatic heterocycles. The molecule has 3 aromatic rings. The molecule has 5 nitrogen and oxygen atoms in total. The van der Waals surface area contributed by atoms with Gasteiger partial charge in [0.05, 0.1) is 21.7 Å². The fourth-order valence-electron chi connectivity index (χ4n) is 2.38. The van der Waals surface area contributed by atoms with Gasteiger partial charge in [0.15, 0.2) is 0 Å². The summed E-state index contributed by atoms with van der Waals surface area (Å²) < 4.78 is 14.3. The summed E-state index contributed by atoms with van der Waals surface area (Å²) in [5, 5.41) is 3.31. The molecule has 2 heterocycles. The molecule has 0 aliphatic carbocycles. The highest BCUT2D eigenvalue weighted by molar-refractivity contribution is 6.42. The Morgan fingerprint density at radius 1 is 1.15 bits per heavy atom. The first kappa shape index (κ1) is 18.1. The zero-order valence-corrected chi connectivity index (χ0v) is 14.7. The van der Waals surface area contributed by atoms with Crippen LogP contribution in [0.3, 0.4) is 0 Å². The first-order valence-corrected chi connectivity index (χ1v) is 8.26. The predicted octanol–water partition coefficient (Wildman–Crippen LogP) is 3.74. The molecule has 0 radical (unpaired) electrons. The summed E-state index contributed by atoms with van der Waals surface area (Å²) in [7, 11) is 0. The van der Waals surface area contributed by atoms with Crippen molar-refractivity contribution >= 4 is 29.1 Å². The number of halogens is 3. The van der Waals surface area contributed by atoms with E-state index in [0.29, 0.717) is 10.6 Å². The third kappa shape index (κ3) is 3.92. The minimum Gasteiger partial charge on any atom is -0.339 e. The van der Waals surface area contributed by atoms with E-state index in [4.69, 9.17) is 23.2 Å². The molecule has 3 rings (SSSR count). The van der Waals surface area contributed by atoms with E-state index in [9.17, 15) is 14.0 Å². The maximum Gasteiger partial charge on any atom is 0.253 e. The average molecular weight is 392 g/mol. The molecule has 2 N–H and O–H groups in total.